The Morgan fingerprint density at radius 1 is 0.881 bits per heavy atom. The highest BCUT2D eigenvalue weighted by atomic mass is 79.9. The molecule has 4 amide bonds. The molecule has 3 aromatic carbocycles. The number of nitrogens with one attached hydrogen (secondary N) is 3. The van der Waals surface area contributed by atoms with Crippen LogP contribution in [0.3, 0.4) is 0 Å². The van der Waals surface area contributed by atoms with Gasteiger partial charge in [-0.2, -0.15) is 26.3 Å². The summed E-state index contributed by atoms with van der Waals surface area (Å²) in [6, 6.07) is 10.00. The number of aliphatic hydroxyl groups is 1. The Bertz CT molecular complexity index is 2190. The highest BCUT2D eigenvalue weighted by molar-refractivity contribution is 9.10. The van der Waals surface area contributed by atoms with E-state index >= 15 is 0 Å². The summed E-state index contributed by atoms with van der Waals surface area (Å²) in [4.78, 5) is 26.0. The van der Waals surface area contributed by atoms with Gasteiger partial charge in [-0.05, 0) is 89.1 Å². The molecule has 59 heavy (non-hydrogen) atoms. The molecule has 3 aromatic rings. The number of carbonyl (C=O) groups is 2. The van der Waals surface area contributed by atoms with Crippen molar-refractivity contribution in [2.75, 3.05) is 17.3 Å². The average molecular weight is 918 g/mol. The second-order valence-electron chi connectivity index (χ2n) is 13.5. The normalized spacial score (nSPS) is 20.2. The van der Waals surface area contributed by atoms with Gasteiger partial charge in [-0.25, -0.2) is 9.59 Å². The smallest absolute Gasteiger partial charge is 0.427 e. The quantitative estimate of drug-likeness (QED) is 0.120. The first-order valence-corrected chi connectivity index (χ1v) is 18.9. The molecule has 2 fully saturated rings. The number of halogens is 9. The van der Waals surface area contributed by atoms with Crippen molar-refractivity contribution in [1.82, 2.24) is 10.6 Å². The van der Waals surface area contributed by atoms with Crippen LogP contribution in [-0.2, 0) is 24.2 Å². The van der Waals surface area contributed by atoms with Crippen molar-refractivity contribution in [2.45, 2.75) is 69.7 Å². The fourth-order valence-electron chi connectivity index (χ4n) is 5.74. The average Bonchev–Trinajstić information content (AvgIpc) is 4.08. The van der Waals surface area contributed by atoms with E-state index in [9.17, 15) is 41.0 Å². The first-order valence-electron chi connectivity index (χ1n) is 17.3. The molecule has 0 spiro atoms. The second kappa shape index (κ2) is 18.7. The number of ether oxygens (including phenoxy) is 1. The van der Waals surface area contributed by atoms with E-state index in [1.807, 2.05) is 5.32 Å². The zero-order chi connectivity index (χ0) is 42.8. The van der Waals surface area contributed by atoms with Gasteiger partial charge in [-0.1, -0.05) is 66.4 Å². The zero-order valence-electron chi connectivity index (χ0n) is 30.3. The fraction of sp³-hybridized carbons (Fsp3) is 0.368. The van der Waals surface area contributed by atoms with Gasteiger partial charge < -0.3 is 25.8 Å². The predicted molar refractivity (Wildman–Crippen MR) is 223 cm³/mol. The van der Waals surface area contributed by atoms with Gasteiger partial charge in [0.25, 0.3) is 0 Å². The summed E-state index contributed by atoms with van der Waals surface area (Å²) in [5.74, 6) is 10.3. The number of nitrogens with zero attached hydrogens (tertiary/aromatic N) is 1. The van der Waals surface area contributed by atoms with Gasteiger partial charge in [-0.3, -0.25) is 4.90 Å². The van der Waals surface area contributed by atoms with E-state index in [0.717, 1.165) is 37.3 Å². The van der Waals surface area contributed by atoms with Gasteiger partial charge in [0.15, 0.2) is 0 Å². The number of hydrogen-bond donors (Lipinski definition) is 4. The van der Waals surface area contributed by atoms with Crippen LogP contribution < -0.4 is 25.6 Å². The monoisotopic (exact) mass is 916 g/mol. The minimum absolute atomic E-state index is 0. The highest BCUT2D eigenvalue weighted by Crippen LogP contribution is 2.49. The van der Waals surface area contributed by atoms with Gasteiger partial charge in [-0.15, -0.1) is 0 Å². The van der Waals surface area contributed by atoms with Crippen molar-refractivity contribution in [3.05, 3.63) is 85.3 Å². The number of carbonyl (C=O) groups excluding carboxylic acids is 2. The fourth-order valence-corrected chi connectivity index (χ4v) is 6.46. The van der Waals surface area contributed by atoms with E-state index < -0.39 is 48.5 Å². The summed E-state index contributed by atoms with van der Waals surface area (Å²) in [6.07, 6.45) is -7.32. The third kappa shape index (κ3) is 10.8. The van der Waals surface area contributed by atoms with Gasteiger partial charge in [0.2, 0.25) is 11.1 Å². The molecule has 2 heterocycles. The number of methoxy groups -OCH3 is 1. The number of aliphatic hydroxyl groups excluding tert-OH is 1. The van der Waals surface area contributed by atoms with Crippen LogP contribution in [0.25, 0.3) is 0 Å². The number of urea groups is 2. The lowest BCUT2D eigenvalue weighted by Crippen LogP contribution is -2.62. The van der Waals surface area contributed by atoms with Crippen molar-refractivity contribution in [3.63, 3.8) is 0 Å². The van der Waals surface area contributed by atoms with Gasteiger partial charge in [0.1, 0.15) is 5.75 Å². The van der Waals surface area contributed by atoms with Crippen molar-refractivity contribution in [1.29, 1.82) is 0 Å². The standard InChI is InChI=1S/C22H17BrClF3N2O2.C15H12ClF3N2O2.CH4.B4/c1-31-15-6-4-14(5-7-15)12-29-19-11-17(23)18(24)10-16(19)21(22(25,26)27,28-20(29)30)9-8-13-2-3-13;16-11-6-10-12(5-9(11)7-22)20-13(23)21-14(10,15(17,18)19)4-3-8-1-2-8;;1-4(2)3/h4-7,10-11,13H,2-3,12H2,1H3,(H,28,30);5-6,8,22H,1-2,7H2,(H2,20,21,23);1H4;. The van der Waals surface area contributed by atoms with Crippen LogP contribution >= 0.6 is 39.1 Å². The number of alkyl halides is 6. The lowest BCUT2D eigenvalue weighted by Gasteiger charge is -2.42. The Morgan fingerprint density at radius 2 is 1.39 bits per heavy atom. The third-order valence-electron chi connectivity index (χ3n) is 9.02. The summed E-state index contributed by atoms with van der Waals surface area (Å²) in [5.41, 5.74) is -5.15. The molecule has 21 heteroatoms. The van der Waals surface area contributed by atoms with E-state index in [1.165, 1.54) is 30.2 Å². The Balaban J connectivity index is 0.000000243. The van der Waals surface area contributed by atoms with Crippen molar-refractivity contribution >= 4 is 92.2 Å². The predicted octanol–water partition coefficient (Wildman–Crippen LogP) is 8.26. The molecule has 2 unspecified atom stereocenters. The molecule has 2 atom stereocenters. The molecule has 2 aliphatic heterocycles. The van der Waals surface area contributed by atoms with Crippen molar-refractivity contribution in [2.24, 2.45) is 11.8 Å². The number of amides is 4. The Labute approximate surface area is 360 Å². The molecule has 0 bridgehead atoms. The maximum absolute atomic E-state index is 14.4. The molecular weight excluding hydrogens is 884 g/mol. The Hall–Kier alpha value is -4.02. The van der Waals surface area contributed by atoms with Crippen LogP contribution in [0, 0.1) is 35.5 Å². The molecule has 6 radical (unpaired) electrons. The van der Waals surface area contributed by atoms with Crippen LogP contribution in [0.4, 0.5) is 47.3 Å². The van der Waals surface area contributed by atoms with E-state index in [2.05, 4.69) is 73.5 Å². The van der Waals surface area contributed by atoms with Crippen LogP contribution in [0.5, 0.6) is 5.75 Å². The van der Waals surface area contributed by atoms with Crippen LogP contribution in [0.15, 0.2) is 53.0 Å². The number of rotatable bonds is 4. The highest BCUT2D eigenvalue weighted by Gasteiger charge is 2.61. The molecule has 2 saturated carbocycles. The molecule has 4 aliphatic rings. The first-order chi connectivity index (χ1) is 27.1. The van der Waals surface area contributed by atoms with Crippen LogP contribution in [0.2, 0.25) is 10.0 Å². The maximum Gasteiger partial charge on any atom is 0.427 e. The van der Waals surface area contributed by atoms with E-state index in [4.69, 9.17) is 27.9 Å². The number of hydrogen-bond acceptors (Lipinski definition) is 4. The number of anilines is 2. The molecule has 304 valence electrons. The Morgan fingerprint density at radius 3 is 1.86 bits per heavy atom. The number of fused-ring (bicyclic) bond motifs is 2. The second-order valence-corrected chi connectivity index (χ2v) is 15.2. The maximum atomic E-state index is 14.4. The van der Waals surface area contributed by atoms with Crippen molar-refractivity contribution in [3.8, 4) is 29.4 Å². The third-order valence-corrected chi connectivity index (χ3v) is 10.6. The molecule has 0 aromatic heterocycles. The van der Waals surface area contributed by atoms with Gasteiger partial charge in [0, 0.05) is 67.7 Å². The van der Waals surface area contributed by atoms with Gasteiger partial charge in [0.05, 0.1) is 31.0 Å². The topological polar surface area (TPSA) is 103 Å². The first kappa shape index (κ1) is 47.7. The van der Waals surface area contributed by atoms with E-state index in [0.29, 0.717) is 10.2 Å². The van der Waals surface area contributed by atoms with Crippen molar-refractivity contribution < 1.29 is 45.8 Å². The van der Waals surface area contributed by atoms with Gasteiger partial charge >= 0.3 is 24.4 Å². The molecular formula is C38H33B4BrCl2F6N4O4. The molecule has 2 aliphatic carbocycles. The minimum atomic E-state index is -4.84. The molecule has 0 saturated heterocycles. The van der Waals surface area contributed by atoms with E-state index in [-0.39, 0.29) is 63.9 Å². The molecule has 4 N–H and O–H groups in total. The summed E-state index contributed by atoms with van der Waals surface area (Å²) in [5, 5.41) is 15.6. The summed E-state index contributed by atoms with van der Waals surface area (Å²) in [6.45, 7) is -0.400. The van der Waals surface area contributed by atoms with Crippen LogP contribution in [-0.4, -0.2) is 66.2 Å². The molecule has 8 nitrogen and oxygen atoms in total. The summed E-state index contributed by atoms with van der Waals surface area (Å²) in [7, 11) is 15.5. The summed E-state index contributed by atoms with van der Waals surface area (Å²) < 4.78 is 90.1. The zero-order valence-corrected chi connectivity index (χ0v) is 33.4. The Kier molecular flexibility index (Phi) is 15.1. The molecule has 7 rings (SSSR count). The lowest BCUT2D eigenvalue weighted by atomic mass is 9.08. The van der Waals surface area contributed by atoms with Crippen LogP contribution in [0.1, 0.15) is 55.4 Å². The largest absolute Gasteiger partial charge is 0.497 e. The summed E-state index contributed by atoms with van der Waals surface area (Å²) >= 11 is 15.4. The SMILES string of the molecule is C.COc1ccc(CN2C(=O)NC(C#CC3CC3)(C(F)(F)F)c3cc(Cl)c(Br)cc32)cc1.O=C1Nc2cc(CO)c(Cl)cc2C(C#CC2CC2)(C(F)(F)F)N1.[B]B([B])[B]. The number of benzene rings is 3. The minimum Gasteiger partial charge on any atom is -0.497 e. The van der Waals surface area contributed by atoms with E-state index in [1.54, 1.807) is 24.3 Å². The lowest BCUT2D eigenvalue weighted by molar-refractivity contribution is -0.179.